The molecular formula is C23H23F3N4. The van der Waals surface area contributed by atoms with Gasteiger partial charge in [0.2, 0.25) is 0 Å². The third-order valence-electron chi connectivity index (χ3n) is 4.22. The van der Waals surface area contributed by atoms with Crippen LogP contribution in [0.1, 0.15) is 40.7 Å². The van der Waals surface area contributed by atoms with Crippen molar-refractivity contribution in [2.45, 2.75) is 32.9 Å². The average molecular weight is 412 g/mol. The Bertz CT molecular complexity index is 994. The van der Waals surface area contributed by atoms with E-state index in [1.165, 1.54) is 24.5 Å². The van der Waals surface area contributed by atoms with Crippen LogP contribution in [0.2, 0.25) is 0 Å². The number of allylic oxidation sites excluding steroid dienone is 1. The fourth-order valence-electron chi connectivity index (χ4n) is 2.99. The van der Waals surface area contributed by atoms with Gasteiger partial charge in [-0.2, -0.15) is 18.4 Å². The van der Waals surface area contributed by atoms with Crippen LogP contribution >= 0.6 is 0 Å². The standard InChI is InChI=1S/C23H23F3N4/c1-15-10-16(2)12-19(11-15)21(23(24,25)26)6-4-18-5-7-22(20(13-18)14-27)30-9-8-29-17(3)28/h4-13,21,30H,1-3H3,(H2,28,29)/b6-4+,9-8+. The van der Waals surface area contributed by atoms with Gasteiger partial charge in [-0.3, -0.25) is 5.41 Å². The van der Waals surface area contributed by atoms with Gasteiger partial charge < -0.3 is 10.6 Å². The van der Waals surface area contributed by atoms with Gasteiger partial charge in [0.05, 0.1) is 23.0 Å². The number of rotatable bonds is 6. The van der Waals surface area contributed by atoms with Crippen LogP contribution in [-0.2, 0) is 0 Å². The highest BCUT2D eigenvalue weighted by atomic mass is 19.4. The predicted molar refractivity (Wildman–Crippen MR) is 114 cm³/mol. The van der Waals surface area contributed by atoms with Crippen LogP contribution in [0.15, 0.2) is 54.9 Å². The Morgan fingerprint density at radius 3 is 2.33 bits per heavy atom. The fraction of sp³-hybridized carbons (Fsp3) is 0.217. The molecule has 156 valence electrons. The number of benzene rings is 2. The molecular weight excluding hydrogens is 389 g/mol. The Hall–Kier alpha value is -3.53. The van der Waals surface area contributed by atoms with E-state index >= 15 is 0 Å². The molecule has 0 aliphatic carbocycles. The van der Waals surface area contributed by atoms with Crippen LogP contribution in [0.3, 0.4) is 0 Å². The van der Waals surface area contributed by atoms with Gasteiger partial charge in [0.1, 0.15) is 6.07 Å². The van der Waals surface area contributed by atoms with E-state index in [9.17, 15) is 18.4 Å². The summed E-state index contributed by atoms with van der Waals surface area (Å²) in [6.45, 7) is 5.12. The Morgan fingerprint density at radius 2 is 1.77 bits per heavy atom. The van der Waals surface area contributed by atoms with Crippen molar-refractivity contribution in [2.24, 2.45) is 0 Å². The first-order valence-electron chi connectivity index (χ1n) is 9.20. The molecule has 1 unspecified atom stereocenters. The summed E-state index contributed by atoms with van der Waals surface area (Å²) < 4.78 is 41.0. The van der Waals surface area contributed by atoms with Gasteiger partial charge >= 0.3 is 6.18 Å². The number of nitrogens with one attached hydrogen (secondary N) is 3. The Kier molecular flexibility index (Phi) is 7.43. The first kappa shape index (κ1) is 22.8. The summed E-state index contributed by atoms with van der Waals surface area (Å²) in [5.41, 5.74) is 3.04. The molecule has 0 aromatic heterocycles. The summed E-state index contributed by atoms with van der Waals surface area (Å²) in [4.78, 5) is 0. The Morgan fingerprint density at radius 1 is 1.10 bits per heavy atom. The fourth-order valence-corrected chi connectivity index (χ4v) is 2.99. The Balaban J connectivity index is 2.28. The second-order valence-electron chi connectivity index (χ2n) is 6.96. The molecule has 4 nitrogen and oxygen atoms in total. The molecule has 2 aromatic carbocycles. The van der Waals surface area contributed by atoms with Gasteiger partial charge in [-0.1, -0.05) is 47.5 Å². The van der Waals surface area contributed by atoms with E-state index in [1.807, 2.05) is 12.1 Å². The Labute approximate surface area is 174 Å². The highest BCUT2D eigenvalue weighted by molar-refractivity contribution is 5.77. The summed E-state index contributed by atoms with van der Waals surface area (Å²) in [7, 11) is 0. The van der Waals surface area contributed by atoms with Crippen molar-refractivity contribution in [1.82, 2.24) is 5.32 Å². The zero-order valence-electron chi connectivity index (χ0n) is 16.9. The van der Waals surface area contributed by atoms with Crippen LogP contribution in [-0.4, -0.2) is 12.0 Å². The van der Waals surface area contributed by atoms with Crippen LogP contribution in [0.4, 0.5) is 18.9 Å². The molecule has 2 aromatic rings. The molecule has 0 fully saturated rings. The van der Waals surface area contributed by atoms with Crippen molar-refractivity contribution >= 4 is 17.6 Å². The van der Waals surface area contributed by atoms with Crippen molar-refractivity contribution in [3.05, 3.63) is 82.7 Å². The molecule has 0 aliphatic heterocycles. The molecule has 0 saturated heterocycles. The minimum absolute atomic E-state index is 0.189. The molecule has 0 spiro atoms. The predicted octanol–water partition coefficient (Wildman–Crippen LogP) is 6.00. The van der Waals surface area contributed by atoms with Crippen molar-refractivity contribution in [2.75, 3.05) is 5.32 Å². The summed E-state index contributed by atoms with van der Waals surface area (Å²) in [5, 5.41) is 22.2. The lowest BCUT2D eigenvalue weighted by molar-refractivity contribution is -0.139. The van der Waals surface area contributed by atoms with Crippen molar-refractivity contribution in [3.8, 4) is 6.07 Å². The molecule has 0 radical (unpaired) electrons. The molecule has 0 bridgehead atoms. The van der Waals surface area contributed by atoms with Gasteiger partial charge in [-0.15, -0.1) is 0 Å². The molecule has 2 rings (SSSR count). The van der Waals surface area contributed by atoms with Crippen molar-refractivity contribution < 1.29 is 13.2 Å². The van der Waals surface area contributed by atoms with E-state index in [2.05, 4.69) is 10.6 Å². The molecule has 3 N–H and O–H groups in total. The van der Waals surface area contributed by atoms with Crippen molar-refractivity contribution in [1.29, 1.82) is 10.7 Å². The van der Waals surface area contributed by atoms with Gasteiger partial charge in [0, 0.05) is 12.4 Å². The second-order valence-corrected chi connectivity index (χ2v) is 6.96. The normalized spacial score (nSPS) is 12.7. The first-order chi connectivity index (χ1) is 14.1. The molecule has 30 heavy (non-hydrogen) atoms. The molecule has 0 heterocycles. The number of aryl methyl sites for hydroxylation is 2. The maximum absolute atomic E-state index is 13.7. The van der Waals surface area contributed by atoms with Gasteiger partial charge in [-0.25, -0.2) is 0 Å². The highest BCUT2D eigenvalue weighted by Crippen LogP contribution is 2.37. The molecule has 0 saturated carbocycles. The number of amidine groups is 1. The largest absolute Gasteiger partial charge is 0.399 e. The van der Waals surface area contributed by atoms with Crippen LogP contribution in [0.5, 0.6) is 0 Å². The lowest BCUT2D eigenvalue weighted by atomic mass is 9.94. The number of alkyl halides is 3. The maximum atomic E-state index is 13.7. The van der Waals surface area contributed by atoms with Gasteiger partial charge in [-0.05, 0) is 44.0 Å². The third kappa shape index (κ3) is 6.52. The zero-order valence-corrected chi connectivity index (χ0v) is 16.9. The molecule has 1 atom stereocenters. The summed E-state index contributed by atoms with van der Waals surface area (Å²) in [6.07, 6.45) is 1.12. The van der Waals surface area contributed by atoms with E-state index in [0.29, 0.717) is 16.8 Å². The van der Waals surface area contributed by atoms with Gasteiger partial charge in [0.15, 0.2) is 0 Å². The third-order valence-corrected chi connectivity index (χ3v) is 4.22. The average Bonchev–Trinajstić information content (AvgIpc) is 2.64. The van der Waals surface area contributed by atoms with Crippen LogP contribution < -0.4 is 10.6 Å². The number of anilines is 1. The number of nitriles is 1. The first-order valence-corrected chi connectivity index (χ1v) is 9.20. The topological polar surface area (TPSA) is 71.7 Å². The summed E-state index contributed by atoms with van der Waals surface area (Å²) >= 11 is 0. The summed E-state index contributed by atoms with van der Waals surface area (Å²) in [6, 6.07) is 11.7. The molecule has 7 heteroatoms. The maximum Gasteiger partial charge on any atom is 0.399 e. The smallest absolute Gasteiger partial charge is 0.359 e. The SMILES string of the molecule is CC(=N)N/C=C/Nc1ccc(/C=C/C(c2cc(C)cc(C)c2)C(F)(F)F)cc1C#N. The monoisotopic (exact) mass is 412 g/mol. The van der Waals surface area contributed by atoms with E-state index < -0.39 is 12.1 Å². The van der Waals surface area contributed by atoms with Gasteiger partial charge in [0.25, 0.3) is 0 Å². The van der Waals surface area contributed by atoms with E-state index in [1.54, 1.807) is 45.0 Å². The van der Waals surface area contributed by atoms with E-state index in [-0.39, 0.29) is 11.4 Å². The van der Waals surface area contributed by atoms with E-state index in [4.69, 9.17) is 5.41 Å². The number of hydrogen-bond donors (Lipinski definition) is 3. The second kappa shape index (κ2) is 9.79. The zero-order chi connectivity index (χ0) is 22.3. The minimum atomic E-state index is -4.43. The number of halogens is 3. The lowest BCUT2D eigenvalue weighted by Gasteiger charge is -2.18. The van der Waals surface area contributed by atoms with E-state index in [0.717, 1.165) is 17.2 Å². The molecule has 0 amide bonds. The highest BCUT2D eigenvalue weighted by Gasteiger charge is 2.39. The lowest BCUT2D eigenvalue weighted by Crippen LogP contribution is -2.19. The number of nitrogens with zero attached hydrogens (tertiary/aromatic N) is 1. The van der Waals surface area contributed by atoms with Crippen molar-refractivity contribution in [3.63, 3.8) is 0 Å². The number of hydrogen-bond acceptors (Lipinski definition) is 3. The minimum Gasteiger partial charge on any atom is -0.359 e. The summed E-state index contributed by atoms with van der Waals surface area (Å²) in [5.74, 6) is -1.48. The van der Waals surface area contributed by atoms with Crippen LogP contribution in [0, 0.1) is 30.6 Å². The quantitative estimate of drug-likeness (QED) is 0.402. The molecule has 0 aliphatic rings. The van der Waals surface area contributed by atoms with Crippen LogP contribution in [0.25, 0.3) is 6.08 Å².